The van der Waals surface area contributed by atoms with Gasteiger partial charge in [0.25, 0.3) is 0 Å². The van der Waals surface area contributed by atoms with Gasteiger partial charge in [0.15, 0.2) is 0 Å². The van der Waals surface area contributed by atoms with Gasteiger partial charge in [0, 0.05) is 11.8 Å². The summed E-state index contributed by atoms with van der Waals surface area (Å²) < 4.78 is 70.3. The Hall–Kier alpha value is -1.25. The largest absolute Gasteiger partial charge is 0.534 e. The number of hydrogen-bond acceptors (Lipinski definition) is 5. The van der Waals surface area contributed by atoms with Crippen LogP contribution in [-0.4, -0.2) is 26.0 Å². The quantitative estimate of drug-likeness (QED) is 0.425. The molecular weight excluding hydrogens is 349 g/mol. The van der Waals surface area contributed by atoms with Crippen LogP contribution in [0.3, 0.4) is 0 Å². The first-order valence-electron chi connectivity index (χ1n) is 7.76. The number of carbonyl (C=O) groups excluding carboxylic acids is 1. The number of carbonyl (C=O) groups is 1. The summed E-state index contributed by atoms with van der Waals surface area (Å²) in [6, 6.07) is 0. The first-order valence-corrected chi connectivity index (χ1v) is 9.17. The van der Waals surface area contributed by atoms with Gasteiger partial charge in [-0.1, -0.05) is 20.8 Å². The van der Waals surface area contributed by atoms with Crippen LogP contribution in [0.5, 0.6) is 0 Å². The van der Waals surface area contributed by atoms with Crippen LogP contribution in [-0.2, 0) is 23.8 Å². The van der Waals surface area contributed by atoms with E-state index in [9.17, 15) is 26.4 Å². The molecule has 0 spiro atoms. The summed E-state index contributed by atoms with van der Waals surface area (Å²) in [5, 5.41) is 0. The van der Waals surface area contributed by atoms with Gasteiger partial charge in [-0.15, -0.1) is 0 Å². The summed E-state index contributed by atoms with van der Waals surface area (Å²) >= 11 is 0. The molecule has 2 fully saturated rings. The highest BCUT2D eigenvalue weighted by atomic mass is 32.2. The molecule has 1 aliphatic heterocycles. The van der Waals surface area contributed by atoms with E-state index >= 15 is 0 Å². The van der Waals surface area contributed by atoms with Crippen molar-refractivity contribution < 1.29 is 35.3 Å². The van der Waals surface area contributed by atoms with Crippen molar-refractivity contribution in [3.63, 3.8) is 0 Å². The lowest BCUT2D eigenvalue weighted by atomic mass is 9.50. The number of rotatable bonds is 2. The van der Waals surface area contributed by atoms with E-state index in [0.717, 1.165) is 6.42 Å². The second-order valence-corrected chi connectivity index (χ2v) is 9.11. The highest BCUT2D eigenvalue weighted by Crippen LogP contribution is 2.63. The Bertz CT molecular complexity index is 722. The Morgan fingerprint density at radius 1 is 1.21 bits per heavy atom. The molecule has 1 saturated carbocycles. The first-order chi connectivity index (χ1) is 10.8. The maximum Gasteiger partial charge on any atom is 0.534 e. The smallest absolute Gasteiger partial charge is 0.458 e. The molecule has 136 valence electrons. The average molecular weight is 368 g/mol. The Kier molecular flexibility index (Phi) is 3.58. The number of alkyl halides is 3. The third kappa shape index (κ3) is 2.27. The summed E-state index contributed by atoms with van der Waals surface area (Å²) in [5.41, 5.74) is -6.53. The zero-order chi connectivity index (χ0) is 18.1. The summed E-state index contributed by atoms with van der Waals surface area (Å²) in [5.74, 6) is -1.18. The fourth-order valence-electron chi connectivity index (χ4n) is 4.71. The lowest BCUT2D eigenvalue weighted by molar-refractivity contribution is -0.143. The van der Waals surface area contributed by atoms with E-state index in [1.54, 1.807) is 6.92 Å². The molecule has 0 bridgehead atoms. The molecule has 2 aliphatic carbocycles. The van der Waals surface area contributed by atoms with Crippen LogP contribution in [0.4, 0.5) is 13.2 Å². The number of allylic oxidation sites excluding steroid dienone is 1. The van der Waals surface area contributed by atoms with Gasteiger partial charge in [-0.2, -0.15) is 21.6 Å². The lowest BCUT2D eigenvalue weighted by Crippen LogP contribution is -2.50. The molecule has 0 amide bonds. The Morgan fingerprint density at radius 2 is 1.83 bits per heavy atom. The van der Waals surface area contributed by atoms with Crippen LogP contribution >= 0.6 is 0 Å². The van der Waals surface area contributed by atoms with Crippen molar-refractivity contribution in [3.05, 3.63) is 11.3 Å². The summed E-state index contributed by atoms with van der Waals surface area (Å²) in [6.45, 7) is 5.88. The van der Waals surface area contributed by atoms with Crippen molar-refractivity contribution in [2.75, 3.05) is 0 Å². The van der Waals surface area contributed by atoms with Crippen molar-refractivity contribution in [2.24, 2.45) is 16.7 Å². The maximum absolute atomic E-state index is 12.6. The van der Waals surface area contributed by atoms with E-state index < -0.39 is 38.9 Å². The highest BCUT2D eigenvalue weighted by molar-refractivity contribution is 7.87. The Morgan fingerprint density at radius 3 is 2.42 bits per heavy atom. The Balaban J connectivity index is 2.10. The van der Waals surface area contributed by atoms with Gasteiger partial charge in [-0.05, 0) is 30.6 Å². The van der Waals surface area contributed by atoms with Crippen molar-refractivity contribution in [1.82, 2.24) is 0 Å². The summed E-state index contributed by atoms with van der Waals surface area (Å²) in [4.78, 5) is 12.3. The molecule has 9 heteroatoms. The first kappa shape index (κ1) is 17.6. The van der Waals surface area contributed by atoms with Gasteiger partial charge in [-0.25, -0.2) is 4.79 Å². The van der Waals surface area contributed by atoms with Crippen LogP contribution < -0.4 is 0 Å². The van der Waals surface area contributed by atoms with E-state index in [0.29, 0.717) is 12.8 Å². The average Bonchev–Trinajstić information content (AvgIpc) is 2.66. The molecule has 24 heavy (non-hydrogen) atoms. The molecule has 0 radical (unpaired) electrons. The Labute approximate surface area is 138 Å². The molecule has 3 rings (SSSR count). The third-order valence-electron chi connectivity index (χ3n) is 5.81. The van der Waals surface area contributed by atoms with Crippen molar-refractivity contribution in [1.29, 1.82) is 0 Å². The predicted octanol–water partition coefficient (Wildman–Crippen LogP) is 3.27. The van der Waals surface area contributed by atoms with Crippen LogP contribution in [0.25, 0.3) is 0 Å². The van der Waals surface area contributed by atoms with Gasteiger partial charge in [0.2, 0.25) is 0 Å². The van der Waals surface area contributed by atoms with E-state index in [2.05, 4.69) is 18.0 Å². The minimum absolute atomic E-state index is 0.00569. The molecule has 0 aromatic rings. The molecule has 0 unspecified atom stereocenters. The van der Waals surface area contributed by atoms with Crippen molar-refractivity contribution in [3.8, 4) is 0 Å². The second kappa shape index (κ2) is 4.89. The van der Waals surface area contributed by atoms with Crippen LogP contribution in [0, 0.1) is 16.7 Å². The summed E-state index contributed by atoms with van der Waals surface area (Å²) in [7, 11) is -5.80. The molecule has 1 heterocycles. The minimum atomic E-state index is -5.80. The number of hydrogen-bond donors (Lipinski definition) is 0. The monoisotopic (exact) mass is 368 g/mol. The second-order valence-electron chi connectivity index (χ2n) is 7.58. The fourth-order valence-corrected chi connectivity index (χ4v) is 5.23. The zero-order valence-corrected chi connectivity index (χ0v) is 14.4. The van der Waals surface area contributed by atoms with Gasteiger partial charge < -0.3 is 8.92 Å². The van der Waals surface area contributed by atoms with Crippen molar-refractivity contribution >= 4 is 16.1 Å². The van der Waals surface area contributed by atoms with E-state index in [1.807, 2.05) is 0 Å². The maximum atomic E-state index is 12.6. The molecular formula is C15H19F3O5S. The number of halogens is 3. The van der Waals surface area contributed by atoms with Crippen LogP contribution in [0.2, 0.25) is 0 Å². The SMILES string of the molecule is CC1(C)CC[C@@H]2OC(=O)C3=C(OS(=O)(=O)C(F)(F)F)CC[C@@H]1[C@@]32C. The molecule has 3 atom stereocenters. The van der Waals surface area contributed by atoms with Gasteiger partial charge in [-0.3, -0.25) is 0 Å². The highest BCUT2D eigenvalue weighted by Gasteiger charge is 2.64. The molecule has 1 saturated heterocycles. The zero-order valence-electron chi connectivity index (χ0n) is 13.6. The molecule has 0 aromatic heterocycles. The molecule has 5 nitrogen and oxygen atoms in total. The number of esters is 1. The van der Waals surface area contributed by atoms with Crippen molar-refractivity contribution in [2.45, 2.75) is 58.1 Å². The van der Waals surface area contributed by atoms with Crippen LogP contribution in [0.15, 0.2) is 11.3 Å². The fraction of sp³-hybridized carbons (Fsp3) is 0.800. The lowest BCUT2D eigenvalue weighted by Gasteiger charge is -2.52. The van der Waals surface area contributed by atoms with E-state index in [4.69, 9.17) is 4.74 Å². The van der Waals surface area contributed by atoms with E-state index in [1.165, 1.54) is 0 Å². The minimum Gasteiger partial charge on any atom is -0.458 e. The summed E-state index contributed by atoms with van der Waals surface area (Å²) in [6.07, 6.45) is 1.38. The third-order valence-corrected chi connectivity index (χ3v) is 6.80. The van der Waals surface area contributed by atoms with Gasteiger partial charge in [0.1, 0.15) is 11.9 Å². The predicted molar refractivity (Wildman–Crippen MR) is 76.8 cm³/mol. The molecule has 0 N–H and O–H groups in total. The van der Waals surface area contributed by atoms with E-state index in [-0.39, 0.29) is 23.3 Å². The topological polar surface area (TPSA) is 69.7 Å². The molecule has 3 aliphatic rings. The normalized spacial score (nSPS) is 35.5. The van der Waals surface area contributed by atoms with Gasteiger partial charge >= 0.3 is 21.6 Å². The van der Waals surface area contributed by atoms with Gasteiger partial charge in [0.05, 0.1) is 5.57 Å². The molecule has 0 aromatic carbocycles. The number of ether oxygens (including phenoxy) is 1. The van der Waals surface area contributed by atoms with Crippen LogP contribution in [0.1, 0.15) is 46.5 Å². The standard InChI is InChI=1S/C15H19F3O5S/c1-13(2)7-6-10-14(3)9(13)5-4-8(11(14)12(19)22-10)23-24(20,21)15(16,17)18/h9-10H,4-7H2,1-3H3/t9-,10-,14+/m0/s1.